The third kappa shape index (κ3) is 1.39. The van der Waals surface area contributed by atoms with Crippen molar-refractivity contribution in [3.05, 3.63) is 41.6 Å². The molecule has 1 nitrogen and oxygen atoms in total. The maximum absolute atomic E-state index is 12.6. The number of pyridine rings is 1. The van der Waals surface area contributed by atoms with E-state index in [0.29, 0.717) is 0 Å². The molecule has 0 N–H and O–H groups in total. The highest BCUT2D eigenvalue weighted by Gasteiger charge is 2.01. The fourth-order valence-corrected chi connectivity index (χ4v) is 1.51. The van der Waals surface area contributed by atoms with Crippen LogP contribution in [-0.2, 0) is 6.67 Å². The Morgan fingerprint density at radius 3 is 2.85 bits per heavy atom. The number of halogens is 1. The summed E-state index contributed by atoms with van der Waals surface area (Å²) in [5, 5.41) is 0.913. The Morgan fingerprint density at radius 2 is 2.08 bits per heavy atom. The molecule has 1 aromatic heterocycles. The van der Waals surface area contributed by atoms with E-state index >= 15 is 0 Å². The van der Waals surface area contributed by atoms with E-state index in [4.69, 9.17) is 0 Å². The third-order valence-electron chi connectivity index (χ3n) is 2.07. The molecule has 0 bridgehead atoms. The Kier molecular flexibility index (Phi) is 1.97. The van der Waals surface area contributed by atoms with Crippen molar-refractivity contribution in [1.82, 2.24) is 4.98 Å². The van der Waals surface area contributed by atoms with Crippen molar-refractivity contribution < 1.29 is 4.39 Å². The summed E-state index contributed by atoms with van der Waals surface area (Å²) in [6, 6.07) is 9.41. The predicted octanol–water partition coefficient (Wildman–Crippen LogP) is 3.01. The van der Waals surface area contributed by atoms with E-state index in [0.717, 1.165) is 22.2 Å². The van der Waals surface area contributed by atoms with Crippen LogP contribution in [0.5, 0.6) is 0 Å². The lowest BCUT2D eigenvalue weighted by Crippen LogP contribution is -1.89. The number of hydrogen-bond donors (Lipinski definition) is 0. The summed E-state index contributed by atoms with van der Waals surface area (Å²) in [5.74, 6) is 0. The third-order valence-corrected chi connectivity index (χ3v) is 2.07. The van der Waals surface area contributed by atoms with Gasteiger partial charge in [0.15, 0.2) is 0 Å². The van der Waals surface area contributed by atoms with Crippen molar-refractivity contribution in [2.24, 2.45) is 0 Å². The van der Waals surface area contributed by atoms with Crippen LogP contribution in [0.2, 0.25) is 0 Å². The second-order valence-electron chi connectivity index (χ2n) is 3.07. The number of rotatable bonds is 1. The Bertz CT molecular complexity index is 437. The van der Waals surface area contributed by atoms with E-state index in [1.807, 2.05) is 31.2 Å². The molecule has 0 aliphatic heterocycles. The molecule has 13 heavy (non-hydrogen) atoms. The number of aromatic nitrogens is 1. The van der Waals surface area contributed by atoms with Crippen LogP contribution in [0.25, 0.3) is 10.9 Å². The number of nitrogens with zero attached hydrogens (tertiary/aromatic N) is 1. The fourth-order valence-electron chi connectivity index (χ4n) is 1.51. The van der Waals surface area contributed by atoms with Gasteiger partial charge in [-0.05, 0) is 24.6 Å². The van der Waals surface area contributed by atoms with E-state index in [9.17, 15) is 4.39 Å². The van der Waals surface area contributed by atoms with Crippen LogP contribution in [0.3, 0.4) is 0 Å². The molecule has 0 fully saturated rings. The maximum Gasteiger partial charge on any atom is 0.115 e. The lowest BCUT2D eigenvalue weighted by Gasteiger charge is -2.03. The lowest BCUT2D eigenvalue weighted by molar-refractivity contribution is 0.487. The summed E-state index contributed by atoms with van der Waals surface area (Å²) in [4.78, 5) is 4.32. The summed E-state index contributed by atoms with van der Waals surface area (Å²) >= 11 is 0. The van der Waals surface area contributed by atoms with Crippen molar-refractivity contribution in [2.75, 3.05) is 0 Å². The Balaban J connectivity index is 2.81. The number of fused-ring (bicyclic) bond motifs is 1. The molecule has 1 aromatic carbocycles. The van der Waals surface area contributed by atoms with Gasteiger partial charge < -0.3 is 0 Å². The van der Waals surface area contributed by atoms with Gasteiger partial charge in [-0.3, -0.25) is 4.98 Å². The lowest BCUT2D eigenvalue weighted by atomic mass is 10.1. The van der Waals surface area contributed by atoms with Gasteiger partial charge in [0, 0.05) is 11.1 Å². The molecule has 0 saturated heterocycles. The van der Waals surface area contributed by atoms with Gasteiger partial charge in [0.25, 0.3) is 0 Å². The average molecular weight is 175 g/mol. The first-order chi connectivity index (χ1) is 6.31. The van der Waals surface area contributed by atoms with Gasteiger partial charge in [-0.2, -0.15) is 0 Å². The standard InChI is InChI=1S/C11H10FN/c1-8-6-9(7-12)10-4-2-3-5-11(10)13-8/h2-6H,7H2,1H3. The molecule has 1 heterocycles. The molecule has 66 valence electrons. The predicted molar refractivity (Wildman–Crippen MR) is 51.3 cm³/mol. The van der Waals surface area contributed by atoms with Crippen molar-refractivity contribution in [1.29, 1.82) is 0 Å². The molecular weight excluding hydrogens is 165 g/mol. The molecule has 0 unspecified atom stereocenters. The van der Waals surface area contributed by atoms with Crippen molar-refractivity contribution >= 4 is 10.9 Å². The van der Waals surface area contributed by atoms with Gasteiger partial charge in [-0.1, -0.05) is 18.2 Å². The first-order valence-electron chi connectivity index (χ1n) is 4.22. The van der Waals surface area contributed by atoms with Gasteiger partial charge in [0.2, 0.25) is 0 Å². The molecule has 2 rings (SSSR count). The van der Waals surface area contributed by atoms with E-state index < -0.39 is 6.67 Å². The molecular formula is C11H10FN. The summed E-state index contributed by atoms with van der Waals surface area (Å²) < 4.78 is 12.6. The minimum absolute atomic E-state index is 0.427. The monoisotopic (exact) mass is 175 g/mol. The normalized spacial score (nSPS) is 10.6. The Hall–Kier alpha value is -1.44. The smallest absolute Gasteiger partial charge is 0.115 e. The molecule has 0 spiro atoms. The Morgan fingerprint density at radius 1 is 1.31 bits per heavy atom. The number of hydrogen-bond acceptors (Lipinski definition) is 1. The second-order valence-corrected chi connectivity index (χ2v) is 3.07. The van der Waals surface area contributed by atoms with Crippen LogP contribution in [0.4, 0.5) is 4.39 Å². The van der Waals surface area contributed by atoms with Gasteiger partial charge in [0.05, 0.1) is 5.52 Å². The van der Waals surface area contributed by atoms with Crippen molar-refractivity contribution in [3.8, 4) is 0 Å². The van der Waals surface area contributed by atoms with Crippen LogP contribution < -0.4 is 0 Å². The van der Waals surface area contributed by atoms with Gasteiger partial charge >= 0.3 is 0 Å². The van der Waals surface area contributed by atoms with Crippen LogP contribution >= 0.6 is 0 Å². The van der Waals surface area contributed by atoms with E-state index in [-0.39, 0.29) is 0 Å². The summed E-state index contributed by atoms with van der Waals surface area (Å²) in [5.41, 5.74) is 2.46. The second kappa shape index (κ2) is 3.13. The first-order valence-corrected chi connectivity index (χ1v) is 4.22. The summed E-state index contributed by atoms with van der Waals surface area (Å²) in [6.07, 6.45) is 0. The number of alkyl halides is 1. The van der Waals surface area contributed by atoms with Gasteiger partial charge in [-0.15, -0.1) is 0 Å². The molecule has 0 radical (unpaired) electrons. The van der Waals surface area contributed by atoms with Gasteiger partial charge in [0.1, 0.15) is 6.67 Å². The summed E-state index contributed by atoms with van der Waals surface area (Å²) in [6.45, 7) is 1.45. The van der Waals surface area contributed by atoms with E-state index in [1.165, 1.54) is 0 Å². The zero-order valence-electron chi connectivity index (χ0n) is 7.42. The topological polar surface area (TPSA) is 12.9 Å². The molecule has 0 aliphatic carbocycles. The number of aryl methyl sites for hydroxylation is 1. The van der Waals surface area contributed by atoms with Crippen LogP contribution in [-0.4, -0.2) is 4.98 Å². The molecule has 0 aliphatic rings. The van der Waals surface area contributed by atoms with Crippen LogP contribution in [0.1, 0.15) is 11.3 Å². The van der Waals surface area contributed by atoms with Crippen LogP contribution in [0.15, 0.2) is 30.3 Å². The molecule has 2 heteroatoms. The minimum atomic E-state index is -0.427. The fraction of sp³-hybridized carbons (Fsp3) is 0.182. The average Bonchev–Trinajstić information content (AvgIpc) is 2.16. The van der Waals surface area contributed by atoms with E-state index in [1.54, 1.807) is 6.07 Å². The number of benzene rings is 1. The number of para-hydroxylation sites is 1. The SMILES string of the molecule is Cc1cc(CF)c2ccccc2n1. The quantitative estimate of drug-likeness (QED) is 0.649. The zero-order valence-corrected chi connectivity index (χ0v) is 7.42. The van der Waals surface area contributed by atoms with Crippen molar-refractivity contribution in [2.45, 2.75) is 13.6 Å². The largest absolute Gasteiger partial charge is 0.253 e. The molecule has 0 saturated carbocycles. The van der Waals surface area contributed by atoms with Crippen LogP contribution in [0, 0.1) is 6.92 Å². The highest BCUT2D eigenvalue weighted by Crippen LogP contribution is 2.18. The zero-order chi connectivity index (χ0) is 9.26. The summed E-state index contributed by atoms with van der Waals surface area (Å²) in [7, 11) is 0. The molecule has 2 aromatic rings. The van der Waals surface area contributed by atoms with Gasteiger partial charge in [-0.25, -0.2) is 4.39 Å². The van der Waals surface area contributed by atoms with E-state index in [2.05, 4.69) is 4.98 Å². The maximum atomic E-state index is 12.6. The van der Waals surface area contributed by atoms with Crippen molar-refractivity contribution in [3.63, 3.8) is 0 Å². The minimum Gasteiger partial charge on any atom is -0.253 e. The first kappa shape index (κ1) is 8.17. The highest BCUT2D eigenvalue weighted by molar-refractivity contribution is 5.82. The molecule has 0 atom stereocenters. The highest BCUT2D eigenvalue weighted by atomic mass is 19.1. The Labute approximate surface area is 76.2 Å². The molecule has 0 amide bonds.